The van der Waals surface area contributed by atoms with Crippen molar-refractivity contribution in [3.63, 3.8) is 0 Å². The Kier molecular flexibility index (Phi) is 6.04. The first-order valence-electron chi connectivity index (χ1n) is 10.1. The van der Waals surface area contributed by atoms with E-state index in [-0.39, 0.29) is 11.9 Å². The lowest BCUT2D eigenvalue weighted by atomic mass is 9.92. The highest BCUT2D eigenvalue weighted by molar-refractivity contribution is 9.10. The zero-order valence-corrected chi connectivity index (χ0v) is 18.9. The first kappa shape index (κ1) is 21.2. The van der Waals surface area contributed by atoms with Gasteiger partial charge in [0.05, 0.1) is 11.6 Å². The number of aliphatic hydroxyl groups is 1. The molecule has 5 nitrogen and oxygen atoms in total. The second-order valence-electron chi connectivity index (χ2n) is 7.71. The van der Waals surface area contributed by atoms with Gasteiger partial charge in [0.1, 0.15) is 17.3 Å². The van der Waals surface area contributed by atoms with E-state index in [1.54, 1.807) is 13.2 Å². The molecule has 2 heterocycles. The lowest BCUT2D eigenvalue weighted by Crippen LogP contribution is -2.51. The molecule has 1 fully saturated rings. The molecule has 0 aromatic heterocycles. The van der Waals surface area contributed by atoms with Crippen molar-refractivity contribution in [2.75, 3.05) is 38.2 Å². The highest BCUT2D eigenvalue weighted by Gasteiger charge is 2.33. The number of allylic oxidation sites excluding steroid dienone is 1. The number of methoxy groups -OCH3 is 1. The Balaban J connectivity index is 1.50. The number of aliphatic hydroxyl groups excluding tert-OH is 1. The Morgan fingerprint density at radius 3 is 2.60 bits per heavy atom. The maximum atomic E-state index is 13.8. The van der Waals surface area contributed by atoms with Crippen molar-refractivity contribution in [1.29, 1.82) is 0 Å². The molecule has 0 saturated carbocycles. The van der Waals surface area contributed by atoms with Crippen LogP contribution in [0.3, 0.4) is 0 Å². The summed E-state index contributed by atoms with van der Waals surface area (Å²) in [5, 5.41) is 10.6. The zero-order valence-electron chi connectivity index (χ0n) is 17.4. The van der Waals surface area contributed by atoms with Crippen molar-refractivity contribution in [3.05, 3.63) is 57.8 Å². The molecule has 2 aliphatic heterocycles. The molecule has 7 heteroatoms. The normalized spacial score (nSPS) is 20.6. The van der Waals surface area contributed by atoms with Gasteiger partial charge >= 0.3 is 0 Å². The molecule has 30 heavy (non-hydrogen) atoms. The van der Waals surface area contributed by atoms with Crippen molar-refractivity contribution in [2.45, 2.75) is 26.2 Å². The number of halogens is 2. The van der Waals surface area contributed by atoms with Crippen LogP contribution in [0.5, 0.6) is 11.5 Å². The molecular weight excluding hydrogens is 451 g/mol. The van der Waals surface area contributed by atoms with E-state index in [1.807, 2.05) is 19.1 Å². The van der Waals surface area contributed by atoms with Gasteiger partial charge in [-0.2, -0.15) is 0 Å². The standard InChI is InChI=1S/C23H26BrFN2O3/c1-14-18-12-16(25)4-7-20(18)30-23(28)22(14)15(2)26-8-10-27(11-9-26)17-5-6-19(24)21(13-17)29-3/h4-7,12-13,15,23,28H,8-11H2,1-3H3/t15-,23-/m1/s1. The predicted octanol–water partition coefficient (Wildman–Crippen LogP) is 4.29. The third kappa shape index (κ3) is 3.94. The number of hydrogen-bond acceptors (Lipinski definition) is 5. The summed E-state index contributed by atoms with van der Waals surface area (Å²) in [4.78, 5) is 4.67. The minimum atomic E-state index is -1.02. The molecule has 4 rings (SSSR count). The molecule has 160 valence electrons. The number of hydrogen-bond donors (Lipinski definition) is 1. The Hall–Kier alpha value is -2.09. The minimum Gasteiger partial charge on any atom is -0.495 e. The van der Waals surface area contributed by atoms with E-state index in [0.717, 1.165) is 53.2 Å². The summed E-state index contributed by atoms with van der Waals surface area (Å²) in [5.74, 6) is 1.03. The van der Waals surface area contributed by atoms with E-state index >= 15 is 0 Å². The molecule has 0 radical (unpaired) electrons. The van der Waals surface area contributed by atoms with Gasteiger partial charge in [0, 0.05) is 55.1 Å². The van der Waals surface area contributed by atoms with Crippen molar-refractivity contribution in [1.82, 2.24) is 4.90 Å². The highest BCUT2D eigenvalue weighted by Crippen LogP contribution is 2.38. The van der Waals surface area contributed by atoms with Crippen molar-refractivity contribution in [3.8, 4) is 11.5 Å². The van der Waals surface area contributed by atoms with Gasteiger partial charge < -0.3 is 19.5 Å². The second kappa shape index (κ2) is 8.57. The van der Waals surface area contributed by atoms with E-state index in [1.165, 1.54) is 12.1 Å². The molecular formula is C23H26BrFN2O3. The molecule has 0 aliphatic carbocycles. The fourth-order valence-electron chi connectivity index (χ4n) is 4.35. The number of anilines is 1. The van der Waals surface area contributed by atoms with Gasteiger partial charge in [-0.1, -0.05) is 0 Å². The smallest absolute Gasteiger partial charge is 0.222 e. The number of fused-ring (bicyclic) bond motifs is 1. The van der Waals surface area contributed by atoms with E-state index in [9.17, 15) is 9.50 Å². The van der Waals surface area contributed by atoms with Crippen LogP contribution in [-0.2, 0) is 0 Å². The molecule has 2 aromatic carbocycles. The van der Waals surface area contributed by atoms with Crippen LogP contribution in [-0.4, -0.2) is 55.6 Å². The van der Waals surface area contributed by atoms with E-state index < -0.39 is 6.29 Å². The Morgan fingerprint density at radius 1 is 1.17 bits per heavy atom. The van der Waals surface area contributed by atoms with E-state index in [4.69, 9.17) is 9.47 Å². The third-order valence-electron chi connectivity index (χ3n) is 6.10. The first-order chi connectivity index (χ1) is 14.4. The molecule has 0 amide bonds. The maximum Gasteiger partial charge on any atom is 0.222 e. The number of piperazine rings is 1. The average molecular weight is 477 g/mol. The summed E-state index contributed by atoms with van der Waals surface area (Å²) in [6, 6.07) is 10.5. The van der Waals surface area contributed by atoms with Crippen LogP contribution < -0.4 is 14.4 Å². The molecule has 2 aromatic rings. The van der Waals surface area contributed by atoms with E-state index in [2.05, 4.69) is 38.7 Å². The fraction of sp³-hybridized carbons (Fsp3) is 0.391. The van der Waals surface area contributed by atoms with Gasteiger partial charge in [-0.05, 0) is 65.7 Å². The third-order valence-corrected chi connectivity index (χ3v) is 6.75. The Bertz CT molecular complexity index is 973. The van der Waals surface area contributed by atoms with Crippen LogP contribution in [0, 0.1) is 5.82 Å². The SMILES string of the molecule is COc1cc(N2CCN([C@H](C)C3=C(C)c4cc(F)ccc4O[C@H]3O)CC2)ccc1Br. The van der Waals surface area contributed by atoms with Gasteiger partial charge in [0.2, 0.25) is 6.29 Å². The zero-order chi connectivity index (χ0) is 21.4. The largest absolute Gasteiger partial charge is 0.495 e. The van der Waals surface area contributed by atoms with Gasteiger partial charge in [-0.15, -0.1) is 0 Å². The topological polar surface area (TPSA) is 45.2 Å². The predicted molar refractivity (Wildman–Crippen MR) is 120 cm³/mol. The first-order valence-corrected chi connectivity index (χ1v) is 10.9. The molecule has 1 saturated heterocycles. The van der Waals surface area contributed by atoms with Crippen LogP contribution in [0.15, 0.2) is 46.4 Å². The van der Waals surface area contributed by atoms with Crippen molar-refractivity contribution >= 4 is 27.2 Å². The summed E-state index contributed by atoms with van der Waals surface area (Å²) in [7, 11) is 1.67. The quantitative estimate of drug-likeness (QED) is 0.712. The summed E-state index contributed by atoms with van der Waals surface area (Å²) in [6.07, 6.45) is -1.02. The average Bonchev–Trinajstić information content (AvgIpc) is 2.75. The molecule has 2 atom stereocenters. The van der Waals surface area contributed by atoms with Gasteiger partial charge in [-0.3, -0.25) is 4.90 Å². The molecule has 2 aliphatic rings. The summed E-state index contributed by atoms with van der Waals surface area (Å²) >= 11 is 3.50. The summed E-state index contributed by atoms with van der Waals surface area (Å²) < 4.78 is 25.8. The monoisotopic (exact) mass is 476 g/mol. The number of rotatable bonds is 4. The Morgan fingerprint density at radius 2 is 1.90 bits per heavy atom. The fourth-order valence-corrected chi connectivity index (χ4v) is 4.76. The van der Waals surface area contributed by atoms with Crippen LogP contribution >= 0.6 is 15.9 Å². The maximum absolute atomic E-state index is 13.8. The van der Waals surface area contributed by atoms with Gasteiger partial charge in [0.25, 0.3) is 0 Å². The molecule has 0 unspecified atom stereocenters. The molecule has 0 spiro atoms. The lowest BCUT2D eigenvalue weighted by molar-refractivity contribution is -0.000225. The van der Waals surface area contributed by atoms with Crippen LogP contribution in [0.2, 0.25) is 0 Å². The molecule has 1 N–H and O–H groups in total. The van der Waals surface area contributed by atoms with Crippen LogP contribution in [0.1, 0.15) is 19.4 Å². The number of benzene rings is 2. The van der Waals surface area contributed by atoms with Crippen LogP contribution in [0.25, 0.3) is 5.57 Å². The van der Waals surface area contributed by atoms with Gasteiger partial charge in [-0.25, -0.2) is 4.39 Å². The van der Waals surface area contributed by atoms with Gasteiger partial charge in [0.15, 0.2) is 0 Å². The van der Waals surface area contributed by atoms with Crippen LogP contribution in [0.4, 0.5) is 10.1 Å². The van der Waals surface area contributed by atoms with E-state index in [0.29, 0.717) is 11.3 Å². The van der Waals surface area contributed by atoms with Crippen molar-refractivity contribution < 1.29 is 19.0 Å². The lowest BCUT2D eigenvalue weighted by Gasteiger charge is -2.41. The number of ether oxygens (including phenoxy) is 2. The minimum absolute atomic E-state index is 0.0157. The summed E-state index contributed by atoms with van der Waals surface area (Å²) in [5.41, 5.74) is 3.52. The molecule has 0 bridgehead atoms. The Labute approximate surface area is 184 Å². The summed E-state index contributed by atoms with van der Waals surface area (Å²) in [6.45, 7) is 7.43. The van der Waals surface area contributed by atoms with Crippen molar-refractivity contribution in [2.24, 2.45) is 0 Å². The highest BCUT2D eigenvalue weighted by atomic mass is 79.9. The number of nitrogens with zero attached hydrogens (tertiary/aromatic N) is 2. The second-order valence-corrected chi connectivity index (χ2v) is 8.56.